The summed E-state index contributed by atoms with van der Waals surface area (Å²) in [5.74, 6) is 0.837. The number of nitrogens with one attached hydrogen (secondary N) is 2. The highest BCUT2D eigenvalue weighted by Gasteiger charge is 2.35. The van der Waals surface area contributed by atoms with Gasteiger partial charge in [0.25, 0.3) is 0 Å². The lowest BCUT2D eigenvalue weighted by Gasteiger charge is -2.43. The van der Waals surface area contributed by atoms with Crippen molar-refractivity contribution in [1.82, 2.24) is 15.5 Å². The smallest absolute Gasteiger partial charge is 0.416 e. The van der Waals surface area contributed by atoms with Gasteiger partial charge in [0.15, 0.2) is 5.96 Å². The van der Waals surface area contributed by atoms with E-state index in [2.05, 4.69) is 34.6 Å². The fourth-order valence-corrected chi connectivity index (χ4v) is 3.42. The molecule has 0 bridgehead atoms. The number of nitrogens with zero attached hydrogens (tertiary/aromatic N) is 2. The Labute approximate surface area is 200 Å². The molecule has 6 nitrogen and oxygen atoms in total. The molecule has 1 saturated heterocycles. The second-order valence-electron chi connectivity index (χ2n) is 7.71. The van der Waals surface area contributed by atoms with Crippen molar-refractivity contribution in [2.75, 3.05) is 47.4 Å². The molecule has 2 N–H and O–H groups in total. The van der Waals surface area contributed by atoms with Crippen molar-refractivity contribution in [3.05, 3.63) is 29.8 Å². The van der Waals surface area contributed by atoms with E-state index in [1.807, 2.05) is 6.92 Å². The van der Waals surface area contributed by atoms with Crippen LogP contribution in [0.5, 0.6) is 5.75 Å². The lowest BCUT2D eigenvalue weighted by molar-refractivity contribution is -0.137. The fourth-order valence-electron chi connectivity index (χ4n) is 3.42. The van der Waals surface area contributed by atoms with E-state index < -0.39 is 11.7 Å². The number of ether oxygens (including phenoxy) is 2. The van der Waals surface area contributed by atoms with E-state index in [1.165, 1.54) is 12.1 Å². The molecular weight excluding hydrogens is 524 g/mol. The molecule has 0 aliphatic carbocycles. The van der Waals surface area contributed by atoms with Crippen molar-refractivity contribution in [3.63, 3.8) is 0 Å². The summed E-state index contributed by atoms with van der Waals surface area (Å²) in [6.45, 7) is 4.53. The van der Waals surface area contributed by atoms with Gasteiger partial charge in [-0.2, -0.15) is 13.2 Å². The van der Waals surface area contributed by atoms with Gasteiger partial charge in [0.05, 0.1) is 12.1 Å². The second-order valence-corrected chi connectivity index (χ2v) is 7.71. The molecule has 31 heavy (non-hydrogen) atoms. The van der Waals surface area contributed by atoms with E-state index in [1.54, 1.807) is 7.05 Å². The monoisotopic (exact) mass is 558 g/mol. The quantitative estimate of drug-likeness (QED) is 0.289. The van der Waals surface area contributed by atoms with E-state index in [0.29, 0.717) is 25.5 Å². The maximum atomic E-state index is 12.9. The molecule has 0 amide bonds. The van der Waals surface area contributed by atoms with E-state index in [9.17, 15) is 13.2 Å². The van der Waals surface area contributed by atoms with E-state index in [0.717, 1.165) is 38.2 Å². The van der Waals surface area contributed by atoms with Gasteiger partial charge in [-0.15, -0.1) is 24.0 Å². The van der Waals surface area contributed by atoms with Crippen LogP contribution >= 0.6 is 24.0 Å². The summed E-state index contributed by atoms with van der Waals surface area (Å²) in [7, 11) is 5.83. The van der Waals surface area contributed by atoms with Gasteiger partial charge in [-0.05, 0) is 51.6 Å². The summed E-state index contributed by atoms with van der Waals surface area (Å²) in [6, 6.07) is 4.96. The second kappa shape index (κ2) is 12.7. The van der Waals surface area contributed by atoms with Crippen LogP contribution < -0.4 is 15.4 Å². The van der Waals surface area contributed by atoms with Gasteiger partial charge in [-0.1, -0.05) is 13.0 Å². The topological polar surface area (TPSA) is 58.1 Å². The van der Waals surface area contributed by atoms with Crippen molar-refractivity contribution in [2.45, 2.75) is 44.0 Å². The molecule has 178 valence electrons. The normalized spacial score (nSPS) is 17.6. The lowest BCUT2D eigenvalue weighted by atomic mass is 9.88. The number of benzene rings is 1. The van der Waals surface area contributed by atoms with E-state index in [-0.39, 0.29) is 41.4 Å². The van der Waals surface area contributed by atoms with Gasteiger partial charge in [0, 0.05) is 32.3 Å². The number of alkyl halides is 3. The van der Waals surface area contributed by atoms with Crippen molar-refractivity contribution in [3.8, 4) is 5.75 Å². The summed E-state index contributed by atoms with van der Waals surface area (Å²) in [6.07, 6.45) is -2.18. The Balaban J connectivity index is 0.00000480. The average molecular weight is 558 g/mol. The van der Waals surface area contributed by atoms with Gasteiger partial charge in [-0.25, -0.2) is 0 Å². The molecule has 0 aromatic heterocycles. The lowest BCUT2D eigenvalue weighted by Crippen LogP contribution is -2.57. The van der Waals surface area contributed by atoms with Crippen molar-refractivity contribution in [2.24, 2.45) is 4.99 Å². The number of aliphatic imine (C=N–C) groups is 1. The Hall–Kier alpha value is -1.27. The molecule has 0 radical (unpaired) electrons. The van der Waals surface area contributed by atoms with Gasteiger partial charge in [0.1, 0.15) is 11.9 Å². The SMILES string of the molecule is CCC(CNC(=NC)NCC1(N(C)C)CCOCC1)Oc1cccc(C(F)(F)F)c1.I. The molecule has 2 rings (SSSR count). The highest BCUT2D eigenvalue weighted by molar-refractivity contribution is 14.0. The third-order valence-corrected chi connectivity index (χ3v) is 5.60. The van der Waals surface area contributed by atoms with Crippen molar-refractivity contribution >= 4 is 29.9 Å². The first-order valence-electron chi connectivity index (χ1n) is 10.2. The molecule has 1 atom stereocenters. The highest BCUT2D eigenvalue weighted by atomic mass is 127. The zero-order valence-corrected chi connectivity index (χ0v) is 20.9. The zero-order chi connectivity index (χ0) is 22.2. The first-order valence-corrected chi connectivity index (χ1v) is 10.2. The Kier molecular flexibility index (Phi) is 11.4. The Morgan fingerprint density at radius 1 is 1.26 bits per heavy atom. The molecule has 1 heterocycles. The molecule has 0 saturated carbocycles. The van der Waals surface area contributed by atoms with Crippen LogP contribution in [-0.4, -0.2) is 69.9 Å². The third kappa shape index (κ3) is 8.30. The molecule has 1 unspecified atom stereocenters. The number of likely N-dealkylation sites (N-methyl/N-ethyl adjacent to an activating group) is 1. The molecule has 1 fully saturated rings. The molecule has 10 heteroatoms. The summed E-state index contributed by atoms with van der Waals surface area (Å²) in [4.78, 5) is 6.49. The summed E-state index contributed by atoms with van der Waals surface area (Å²) in [5.41, 5.74) is -0.722. The summed E-state index contributed by atoms with van der Waals surface area (Å²) >= 11 is 0. The minimum absolute atomic E-state index is 0. The van der Waals surface area contributed by atoms with Crippen LogP contribution in [0.4, 0.5) is 13.2 Å². The average Bonchev–Trinajstić information content (AvgIpc) is 2.73. The molecule has 0 spiro atoms. The molecule has 1 aromatic rings. The van der Waals surface area contributed by atoms with Crippen LogP contribution in [0.25, 0.3) is 0 Å². The van der Waals surface area contributed by atoms with Crippen LogP contribution in [0.3, 0.4) is 0 Å². The van der Waals surface area contributed by atoms with Crippen LogP contribution in [0.15, 0.2) is 29.3 Å². The van der Waals surface area contributed by atoms with Gasteiger partial charge >= 0.3 is 6.18 Å². The molecule has 1 aliphatic rings. The van der Waals surface area contributed by atoms with E-state index in [4.69, 9.17) is 9.47 Å². The van der Waals surface area contributed by atoms with Gasteiger partial charge in [0.2, 0.25) is 0 Å². The minimum atomic E-state index is -4.39. The predicted molar refractivity (Wildman–Crippen MR) is 127 cm³/mol. The molecular formula is C21H34F3IN4O2. The number of guanidine groups is 1. The Bertz CT molecular complexity index is 695. The number of hydrogen-bond donors (Lipinski definition) is 2. The first-order chi connectivity index (χ1) is 14.2. The Morgan fingerprint density at radius 2 is 1.94 bits per heavy atom. The Morgan fingerprint density at radius 3 is 2.48 bits per heavy atom. The van der Waals surface area contributed by atoms with Crippen LogP contribution in [0.2, 0.25) is 0 Å². The van der Waals surface area contributed by atoms with Crippen molar-refractivity contribution in [1.29, 1.82) is 0 Å². The minimum Gasteiger partial charge on any atom is -0.489 e. The van der Waals surface area contributed by atoms with Crippen LogP contribution in [-0.2, 0) is 10.9 Å². The molecule has 1 aliphatic heterocycles. The summed E-state index contributed by atoms with van der Waals surface area (Å²) in [5, 5.41) is 6.59. The van der Waals surface area contributed by atoms with Crippen LogP contribution in [0, 0.1) is 0 Å². The van der Waals surface area contributed by atoms with Gasteiger partial charge < -0.3 is 25.0 Å². The van der Waals surface area contributed by atoms with Crippen LogP contribution in [0.1, 0.15) is 31.7 Å². The van der Waals surface area contributed by atoms with E-state index >= 15 is 0 Å². The predicted octanol–water partition coefficient (Wildman–Crippen LogP) is 3.76. The summed E-state index contributed by atoms with van der Waals surface area (Å²) < 4.78 is 50.0. The number of halogens is 4. The standard InChI is InChI=1S/C21H33F3N4O2.HI/c1-5-17(30-18-8-6-7-16(13-18)21(22,23)24)14-26-19(25-2)27-15-20(28(3)4)9-11-29-12-10-20;/h6-8,13,17H,5,9-12,14-15H2,1-4H3,(H2,25,26,27);1H. The highest BCUT2D eigenvalue weighted by Crippen LogP contribution is 2.31. The first kappa shape index (κ1) is 27.8. The number of rotatable bonds is 8. The third-order valence-electron chi connectivity index (χ3n) is 5.60. The van der Waals surface area contributed by atoms with Gasteiger partial charge in [-0.3, -0.25) is 4.99 Å². The largest absolute Gasteiger partial charge is 0.489 e. The zero-order valence-electron chi connectivity index (χ0n) is 18.6. The number of hydrogen-bond acceptors (Lipinski definition) is 4. The fraction of sp³-hybridized carbons (Fsp3) is 0.667. The maximum Gasteiger partial charge on any atom is 0.416 e. The van der Waals surface area contributed by atoms with Crippen molar-refractivity contribution < 1.29 is 22.6 Å². The molecule has 1 aromatic carbocycles. The maximum absolute atomic E-state index is 12.9.